The fourth-order valence-corrected chi connectivity index (χ4v) is 2.71. The van der Waals surface area contributed by atoms with Crippen LogP contribution in [0.15, 0.2) is 47.0 Å². The third-order valence-corrected chi connectivity index (χ3v) is 3.78. The average Bonchev–Trinajstić information content (AvgIpc) is 2.85. The number of halogens is 1. The summed E-state index contributed by atoms with van der Waals surface area (Å²) in [6.07, 6.45) is -1.18. The van der Waals surface area contributed by atoms with Gasteiger partial charge in [-0.15, -0.1) is 0 Å². The minimum absolute atomic E-state index is 0.0205. The summed E-state index contributed by atoms with van der Waals surface area (Å²) in [6.45, 7) is 3.56. The van der Waals surface area contributed by atoms with Crippen LogP contribution < -0.4 is 0 Å². The van der Waals surface area contributed by atoms with Gasteiger partial charge < -0.3 is 14.7 Å². The lowest BCUT2D eigenvalue weighted by molar-refractivity contribution is 0.214. The Morgan fingerprint density at radius 1 is 1.13 bits per heavy atom. The molecule has 0 fully saturated rings. The second-order valence-corrected chi connectivity index (χ2v) is 5.44. The molecule has 0 aliphatic carbocycles. The molecule has 0 amide bonds. The van der Waals surface area contributed by atoms with Crippen LogP contribution in [-0.2, 0) is 0 Å². The number of phenolic OH excluding ortho intramolecular Hbond substituents is 1. The van der Waals surface area contributed by atoms with Crippen molar-refractivity contribution in [2.24, 2.45) is 0 Å². The normalized spacial score (nSPS) is 12.3. The molecule has 0 aliphatic heterocycles. The molecule has 0 aliphatic rings. The van der Waals surface area contributed by atoms with Crippen molar-refractivity contribution in [2.45, 2.75) is 20.0 Å². The summed E-state index contributed by atoms with van der Waals surface area (Å²) in [6, 6.07) is 10.7. The van der Waals surface area contributed by atoms with Crippen LogP contribution in [-0.4, -0.2) is 15.4 Å². The molecule has 4 nitrogen and oxygen atoms in total. The van der Waals surface area contributed by atoms with Gasteiger partial charge in [-0.2, -0.15) is 0 Å². The number of aromatic nitrogens is 1. The third-order valence-electron chi connectivity index (χ3n) is 3.78. The summed E-state index contributed by atoms with van der Waals surface area (Å²) < 4.78 is 19.0. The van der Waals surface area contributed by atoms with E-state index in [0.717, 1.165) is 5.56 Å². The van der Waals surface area contributed by atoms with E-state index in [-0.39, 0.29) is 11.3 Å². The first-order chi connectivity index (χ1) is 11.0. The Morgan fingerprint density at radius 3 is 2.52 bits per heavy atom. The lowest BCUT2D eigenvalue weighted by atomic mass is 9.95. The van der Waals surface area contributed by atoms with Crippen molar-refractivity contribution < 1.29 is 19.1 Å². The molecule has 3 aromatic rings. The Morgan fingerprint density at radius 2 is 1.87 bits per heavy atom. The molecule has 0 spiro atoms. The highest BCUT2D eigenvalue weighted by Gasteiger charge is 2.18. The SMILES string of the molecule is Cc1noc(C)c1-c1cc(O)cc(C(O)c2ccccc2F)c1. The van der Waals surface area contributed by atoms with Crippen LogP contribution in [0, 0.1) is 19.7 Å². The minimum atomic E-state index is -1.18. The van der Waals surface area contributed by atoms with Crippen molar-refractivity contribution in [1.82, 2.24) is 5.16 Å². The molecular formula is C18H16FNO3. The van der Waals surface area contributed by atoms with E-state index in [9.17, 15) is 14.6 Å². The molecule has 0 radical (unpaired) electrons. The van der Waals surface area contributed by atoms with Crippen LogP contribution in [0.3, 0.4) is 0 Å². The minimum Gasteiger partial charge on any atom is -0.508 e. The summed E-state index contributed by atoms with van der Waals surface area (Å²) in [4.78, 5) is 0. The van der Waals surface area contributed by atoms with Crippen molar-refractivity contribution in [3.05, 3.63) is 70.9 Å². The van der Waals surface area contributed by atoms with Gasteiger partial charge >= 0.3 is 0 Å². The van der Waals surface area contributed by atoms with Gasteiger partial charge in [0.25, 0.3) is 0 Å². The molecule has 1 aromatic heterocycles. The lowest BCUT2D eigenvalue weighted by Crippen LogP contribution is -2.02. The van der Waals surface area contributed by atoms with Crippen molar-refractivity contribution in [1.29, 1.82) is 0 Å². The molecule has 3 rings (SSSR count). The number of hydrogen-bond acceptors (Lipinski definition) is 4. The monoisotopic (exact) mass is 313 g/mol. The zero-order valence-electron chi connectivity index (χ0n) is 12.7. The fourth-order valence-electron chi connectivity index (χ4n) is 2.71. The molecule has 2 N–H and O–H groups in total. The maximum Gasteiger partial charge on any atom is 0.141 e. The molecule has 23 heavy (non-hydrogen) atoms. The summed E-state index contributed by atoms with van der Waals surface area (Å²) in [5.74, 6) is 0.0922. The van der Waals surface area contributed by atoms with Gasteiger partial charge in [0.15, 0.2) is 0 Å². The number of hydrogen-bond donors (Lipinski definition) is 2. The third kappa shape index (κ3) is 2.83. The molecule has 2 aromatic carbocycles. The first kappa shape index (κ1) is 15.2. The summed E-state index contributed by atoms with van der Waals surface area (Å²) in [5, 5.41) is 24.3. The number of aliphatic hydroxyl groups excluding tert-OH is 1. The number of aryl methyl sites for hydroxylation is 2. The maximum atomic E-state index is 13.9. The van der Waals surface area contributed by atoms with Crippen molar-refractivity contribution in [3.63, 3.8) is 0 Å². The van der Waals surface area contributed by atoms with E-state index >= 15 is 0 Å². The Balaban J connectivity index is 2.10. The molecule has 0 saturated carbocycles. The van der Waals surface area contributed by atoms with Gasteiger partial charge in [-0.1, -0.05) is 23.4 Å². The first-order valence-electron chi connectivity index (χ1n) is 7.17. The average molecular weight is 313 g/mol. The summed E-state index contributed by atoms with van der Waals surface area (Å²) in [7, 11) is 0. The molecular weight excluding hydrogens is 297 g/mol. The summed E-state index contributed by atoms with van der Waals surface area (Å²) >= 11 is 0. The zero-order valence-corrected chi connectivity index (χ0v) is 12.7. The van der Waals surface area contributed by atoms with E-state index < -0.39 is 11.9 Å². The molecule has 118 valence electrons. The molecule has 1 unspecified atom stereocenters. The quantitative estimate of drug-likeness (QED) is 0.770. The van der Waals surface area contributed by atoms with Gasteiger partial charge in [-0.3, -0.25) is 0 Å². The molecule has 1 heterocycles. The standard InChI is InChI=1S/C18H16FNO3/c1-10-17(11(2)23-20-10)12-7-13(9-14(21)8-12)18(22)15-5-3-4-6-16(15)19/h3-9,18,21-22H,1-2H3. The highest BCUT2D eigenvalue weighted by Crippen LogP contribution is 2.34. The van der Waals surface area contributed by atoms with Crippen LogP contribution in [0.2, 0.25) is 0 Å². The van der Waals surface area contributed by atoms with Crippen molar-refractivity contribution in [3.8, 4) is 16.9 Å². The van der Waals surface area contributed by atoms with Crippen molar-refractivity contribution in [2.75, 3.05) is 0 Å². The van der Waals surface area contributed by atoms with E-state index in [1.54, 1.807) is 38.1 Å². The van der Waals surface area contributed by atoms with Crippen LogP contribution in [0.1, 0.15) is 28.7 Å². The first-order valence-corrected chi connectivity index (χ1v) is 7.17. The Bertz CT molecular complexity index is 838. The number of aromatic hydroxyl groups is 1. The van der Waals surface area contributed by atoms with Gasteiger partial charge in [-0.25, -0.2) is 4.39 Å². The summed E-state index contributed by atoms with van der Waals surface area (Å²) in [5.41, 5.74) is 2.64. The van der Waals surface area contributed by atoms with Crippen LogP contribution >= 0.6 is 0 Å². The van der Waals surface area contributed by atoms with Crippen LogP contribution in [0.4, 0.5) is 4.39 Å². The molecule has 0 saturated heterocycles. The Hall–Kier alpha value is -2.66. The number of rotatable bonds is 3. The lowest BCUT2D eigenvalue weighted by Gasteiger charge is -2.14. The molecule has 5 heteroatoms. The number of nitrogens with zero attached hydrogens (tertiary/aromatic N) is 1. The van der Waals surface area contributed by atoms with Gasteiger partial charge in [0.1, 0.15) is 23.4 Å². The van der Waals surface area contributed by atoms with E-state index in [2.05, 4.69) is 5.16 Å². The second-order valence-electron chi connectivity index (χ2n) is 5.44. The molecule has 1 atom stereocenters. The predicted molar refractivity (Wildman–Crippen MR) is 83.5 cm³/mol. The highest BCUT2D eigenvalue weighted by molar-refractivity contribution is 5.70. The number of benzene rings is 2. The largest absolute Gasteiger partial charge is 0.508 e. The maximum absolute atomic E-state index is 13.9. The smallest absolute Gasteiger partial charge is 0.141 e. The van der Waals surface area contributed by atoms with Crippen molar-refractivity contribution >= 4 is 0 Å². The van der Waals surface area contributed by atoms with E-state index in [1.807, 2.05) is 0 Å². The van der Waals surface area contributed by atoms with Gasteiger partial charge in [0.2, 0.25) is 0 Å². The zero-order chi connectivity index (χ0) is 16.6. The second kappa shape index (κ2) is 5.85. The Kier molecular flexibility index (Phi) is 3.88. The van der Waals surface area contributed by atoms with Crippen LogP contribution in [0.25, 0.3) is 11.1 Å². The van der Waals surface area contributed by atoms with E-state index in [0.29, 0.717) is 22.6 Å². The number of aliphatic hydroxyl groups is 1. The van der Waals surface area contributed by atoms with Gasteiger partial charge in [0.05, 0.1) is 5.69 Å². The van der Waals surface area contributed by atoms with E-state index in [4.69, 9.17) is 4.52 Å². The number of phenols is 1. The van der Waals surface area contributed by atoms with Gasteiger partial charge in [-0.05, 0) is 49.2 Å². The Labute approximate surface area is 132 Å². The predicted octanol–water partition coefficient (Wildman–Crippen LogP) is 3.88. The van der Waals surface area contributed by atoms with E-state index in [1.165, 1.54) is 18.2 Å². The van der Waals surface area contributed by atoms with Gasteiger partial charge in [0, 0.05) is 11.1 Å². The van der Waals surface area contributed by atoms with Crippen LogP contribution in [0.5, 0.6) is 5.75 Å². The fraction of sp³-hybridized carbons (Fsp3) is 0.167. The highest BCUT2D eigenvalue weighted by atomic mass is 19.1. The topological polar surface area (TPSA) is 66.5 Å². The molecule has 0 bridgehead atoms.